The quantitative estimate of drug-likeness (QED) is 0.652. The fourth-order valence-electron chi connectivity index (χ4n) is 1.63. The van der Waals surface area contributed by atoms with Gasteiger partial charge < -0.3 is 20.3 Å². The van der Waals surface area contributed by atoms with Crippen LogP contribution in [0.25, 0.3) is 0 Å². The third-order valence-electron chi connectivity index (χ3n) is 2.70. The highest BCUT2D eigenvalue weighted by atomic mass is 16.3. The zero-order valence-electron chi connectivity index (χ0n) is 10.7. The first-order valence-electron chi connectivity index (χ1n) is 6.23. The average Bonchev–Trinajstić information content (AvgIpc) is 2.37. The van der Waals surface area contributed by atoms with Crippen molar-refractivity contribution in [1.29, 1.82) is 0 Å². The van der Waals surface area contributed by atoms with Crippen LogP contribution in [0.3, 0.4) is 0 Å². The Morgan fingerprint density at radius 3 is 2.56 bits per heavy atom. The molecule has 0 fully saturated rings. The minimum Gasteiger partial charge on any atom is -0.394 e. The number of benzene rings is 1. The molecule has 0 aliphatic rings. The maximum Gasteiger partial charge on any atom is 0.129 e. The summed E-state index contributed by atoms with van der Waals surface area (Å²) in [5.41, 5.74) is 2.11. The summed E-state index contributed by atoms with van der Waals surface area (Å²) < 4.78 is 0. The number of anilines is 1. The predicted octanol–water partition coefficient (Wildman–Crippen LogP) is 1.36. The summed E-state index contributed by atoms with van der Waals surface area (Å²) in [5, 5.41) is 20.9. The molecule has 100 valence electrons. The summed E-state index contributed by atoms with van der Waals surface area (Å²) in [5.74, 6) is 0.228. The van der Waals surface area contributed by atoms with E-state index >= 15 is 0 Å². The first-order chi connectivity index (χ1) is 8.61. The van der Waals surface area contributed by atoms with Crippen LogP contribution in [0.4, 0.5) is 5.69 Å². The van der Waals surface area contributed by atoms with E-state index in [2.05, 4.69) is 5.32 Å². The fraction of sp³-hybridized carbons (Fsp3) is 0.500. The monoisotopic (exact) mass is 251 g/mol. The van der Waals surface area contributed by atoms with Crippen molar-refractivity contribution in [2.24, 2.45) is 0 Å². The second-order valence-corrected chi connectivity index (χ2v) is 4.47. The Hall–Kier alpha value is -1.39. The molecule has 0 saturated heterocycles. The van der Waals surface area contributed by atoms with Gasteiger partial charge in [-0.1, -0.05) is 12.1 Å². The van der Waals surface area contributed by atoms with Crippen LogP contribution >= 0.6 is 0 Å². The van der Waals surface area contributed by atoms with Crippen LogP contribution in [0.15, 0.2) is 24.3 Å². The van der Waals surface area contributed by atoms with E-state index in [0.717, 1.165) is 18.5 Å². The first-order valence-corrected chi connectivity index (χ1v) is 6.23. The maximum absolute atomic E-state index is 10.8. The molecular weight excluding hydrogens is 230 g/mol. The molecule has 0 aromatic heterocycles. The van der Waals surface area contributed by atoms with Crippen LogP contribution in [0, 0.1) is 0 Å². The molecule has 3 N–H and O–H groups in total. The zero-order chi connectivity index (χ0) is 13.4. The molecule has 0 bridgehead atoms. The standard InChI is InChI=1S/C14H21NO3/c1-11(17)3-2-4-12-5-7-13(8-6-12)15-9-14(18)10-16/h5-8,14-16,18H,2-4,9-10H2,1H3/t14-/m1/s1. The summed E-state index contributed by atoms with van der Waals surface area (Å²) >= 11 is 0. The molecule has 0 spiro atoms. The van der Waals surface area contributed by atoms with Gasteiger partial charge in [0.15, 0.2) is 0 Å². The van der Waals surface area contributed by atoms with E-state index in [1.165, 1.54) is 5.56 Å². The van der Waals surface area contributed by atoms with Crippen molar-refractivity contribution in [2.45, 2.75) is 32.3 Å². The summed E-state index contributed by atoms with van der Waals surface area (Å²) in [7, 11) is 0. The van der Waals surface area contributed by atoms with E-state index < -0.39 is 6.10 Å². The lowest BCUT2D eigenvalue weighted by Gasteiger charge is -2.10. The van der Waals surface area contributed by atoms with Crippen molar-refractivity contribution in [1.82, 2.24) is 0 Å². The van der Waals surface area contributed by atoms with E-state index in [9.17, 15) is 9.90 Å². The number of aliphatic hydroxyl groups is 2. The van der Waals surface area contributed by atoms with E-state index in [4.69, 9.17) is 5.11 Å². The highest BCUT2D eigenvalue weighted by molar-refractivity contribution is 5.75. The van der Waals surface area contributed by atoms with Crippen LogP contribution < -0.4 is 5.32 Å². The Balaban J connectivity index is 2.35. The van der Waals surface area contributed by atoms with Gasteiger partial charge in [0.25, 0.3) is 0 Å². The van der Waals surface area contributed by atoms with Crippen LogP contribution in [0.1, 0.15) is 25.3 Å². The van der Waals surface area contributed by atoms with Gasteiger partial charge in [0.1, 0.15) is 5.78 Å². The van der Waals surface area contributed by atoms with Crippen molar-refractivity contribution in [2.75, 3.05) is 18.5 Å². The van der Waals surface area contributed by atoms with Crippen molar-refractivity contribution in [3.63, 3.8) is 0 Å². The number of aryl methyl sites for hydroxylation is 1. The number of carbonyl (C=O) groups is 1. The Labute approximate surface area is 108 Å². The van der Waals surface area contributed by atoms with Crippen LogP contribution in [0.2, 0.25) is 0 Å². The normalized spacial score (nSPS) is 12.2. The second-order valence-electron chi connectivity index (χ2n) is 4.47. The van der Waals surface area contributed by atoms with Crippen molar-refractivity contribution >= 4 is 11.5 Å². The number of aliphatic hydroxyl groups excluding tert-OH is 2. The molecule has 1 aromatic carbocycles. The number of rotatable bonds is 8. The summed E-state index contributed by atoms with van der Waals surface area (Å²) in [6, 6.07) is 7.89. The molecule has 0 aliphatic carbocycles. The molecule has 1 aromatic rings. The minimum atomic E-state index is -0.736. The number of hydrogen-bond acceptors (Lipinski definition) is 4. The topological polar surface area (TPSA) is 69.6 Å². The van der Waals surface area contributed by atoms with E-state index in [0.29, 0.717) is 13.0 Å². The predicted molar refractivity (Wildman–Crippen MR) is 71.6 cm³/mol. The van der Waals surface area contributed by atoms with Crippen LogP contribution in [0.5, 0.6) is 0 Å². The Kier molecular flexibility index (Phi) is 6.39. The van der Waals surface area contributed by atoms with Gasteiger partial charge in [0.2, 0.25) is 0 Å². The molecule has 1 atom stereocenters. The Bertz CT molecular complexity index is 362. The van der Waals surface area contributed by atoms with Gasteiger partial charge >= 0.3 is 0 Å². The molecule has 4 nitrogen and oxygen atoms in total. The summed E-state index contributed by atoms with van der Waals surface area (Å²) in [4.78, 5) is 10.8. The number of Topliss-reactive ketones (excluding diaryl/α,β-unsaturated/α-hetero) is 1. The molecule has 4 heteroatoms. The number of nitrogens with one attached hydrogen (secondary N) is 1. The average molecular weight is 251 g/mol. The molecule has 0 unspecified atom stereocenters. The fourth-order valence-corrected chi connectivity index (χ4v) is 1.63. The smallest absolute Gasteiger partial charge is 0.129 e. The molecule has 0 heterocycles. The molecule has 0 amide bonds. The highest BCUT2D eigenvalue weighted by Crippen LogP contribution is 2.11. The number of hydrogen-bond donors (Lipinski definition) is 3. The van der Waals surface area contributed by atoms with E-state index in [1.807, 2.05) is 24.3 Å². The highest BCUT2D eigenvalue weighted by Gasteiger charge is 2.01. The number of carbonyl (C=O) groups excluding carboxylic acids is 1. The van der Waals surface area contributed by atoms with E-state index in [-0.39, 0.29) is 12.4 Å². The molecule has 0 saturated carbocycles. The lowest BCUT2D eigenvalue weighted by atomic mass is 10.1. The summed E-state index contributed by atoms with van der Waals surface area (Å²) in [6.45, 7) is 1.70. The largest absolute Gasteiger partial charge is 0.394 e. The van der Waals surface area contributed by atoms with Gasteiger partial charge in [-0.3, -0.25) is 0 Å². The van der Waals surface area contributed by atoms with Crippen molar-refractivity contribution in [3.05, 3.63) is 29.8 Å². The Morgan fingerprint density at radius 2 is 2.00 bits per heavy atom. The van der Waals surface area contributed by atoms with Gasteiger partial charge in [-0.15, -0.1) is 0 Å². The second kappa shape index (κ2) is 7.84. The lowest BCUT2D eigenvalue weighted by Crippen LogP contribution is -2.22. The van der Waals surface area contributed by atoms with Gasteiger partial charge in [0.05, 0.1) is 12.7 Å². The van der Waals surface area contributed by atoms with Gasteiger partial charge in [-0.05, 0) is 37.5 Å². The third kappa shape index (κ3) is 5.80. The molecule has 0 radical (unpaired) electrons. The van der Waals surface area contributed by atoms with Crippen molar-refractivity contribution in [3.8, 4) is 0 Å². The first kappa shape index (κ1) is 14.7. The van der Waals surface area contributed by atoms with Crippen LogP contribution in [-0.2, 0) is 11.2 Å². The lowest BCUT2D eigenvalue weighted by molar-refractivity contribution is -0.117. The van der Waals surface area contributed by atoms with E-state index in [1.54, 1.807) is 6.92 Å². The van der Waals surface area contributed by atoms with Crippen LogP contribution in [-0.4, -0.2) is 35.3 Å². The maximum atomic E-state index is 10.8. The van der Waals surface area contributed by atoms with Gasteiger partial charge in [-0.2, -0.15) is 0 Å². The third-order valence-corrected chi connectivity index (χ3v) is 2.70. The summed E-state index contributed by atoms with van der Waals surface area (Å²) in [6.07, 6.45) is 1.67. The Morgan fingerprint density at radius 1 is 1.33 bits per heavy atom. The molecular formula is C14H21NO3. The van der Waals surface area contributed by atoms with Gasteiger partial charge in [0, 0.05) is 18.7 Å². The minimum absolute atomic E-state index is 0.228. The zero-order valence-corrected chi connectivity index (χ0v) is 10.7. The van der Waals surface area contributed by atoms with Crippen molar-refractivity contribution < 1.29 is 15.0 Å². The van der Waals surface area contributed by atoms with Gasteiger partial charge in [-0.25, -0.2) is 0 Å². The molecule has 18 heavy (non-hydrogen) atoms. The molecule has 0 aliphatic heterocycles. The molecule has 1 rings (SSSR count). The number of ketones is 1. The SMILES string of the molecule is CC(=O)CCCc1ccc(NC[C@@H](O)CO)cc1.